The molecule has 58 valence electrons. The Morgan fingerprint density at radius 2 is 1.60 bits per heavy atom. The topological polar surface area (TPSA) is 0 Å². The number of hydrogen-bond acceptors (Lipinski definition) is 0. The molecule has 0 heterocycles. The van der Waals surface area contributed by atoms with Crippen molar-refractivity contribution < 1.29 is 17.3 Å². The zero-order valence-corrected chi connectivity index (χ0v) is 10.8. The van der Waals surface area contributed by atoms with E-state index in [0.29, 0.717) is 0 Å². The molecule has 0 unspecified atom stereocenters. The molecule has 0 aromatic carbocycles. The van der Waals surface area contributed by atoms with Crippen LogP contribution in [-0.4, -0.2) is 0 Å². The van der Waals surface area contributed by atoms with Gasteiger partial charge in [-0.1, -0.05) is 39.0 Å². The first kappa shape index (κ1) is 13.5. The van der Waals surface area contributed by atoms with Crippen molar-refractivity contribution in [3.8, 4) is 0 Å². The van der Waals surface area contributed by atoms with Crippen LogP contribution in [-0.2, 0) is 17.3 Å². The summed E-state index contributed by atoms with van der Waals surface area (Å²) in [5.74, 6) is 0. The Bertz CT molecular complexity index is 34.2. The first-order valence-corrected chi connectivity index (χ1v) is 7.87. The van der Waals surface area contributed by atoms with Crippen LogP contribution in [0.1, 0.15) is 45.4 Å². The predicted octanol–water partition coefficient (Wildman–Crippen LogP) is 3.87. The van der Waals surface area contributed by atoms with E-state index >= 15 is 0 Å². The third-order valence-electron chi connectivity index (χ3n) is 1.35. The van der Waals surface area contributed by atoms with E-state index in [1.54, 1.807) is 0 Å². The molecular weight excluding hydrogens is 197 g/mol. The Morgan fingerprint density at radius 3 is 2.00 bits per heavy atom. The molecule has 0 aliphatic heterocycles. The van der Waals surface area contributed by atoms with Crippen molar-refractivity contribution in [3.63, 3.8) is 0 Å². The molecule has 0 saturated carbocycles. The summed E-state index contributed by atoms with van der Waals surface area (Å²) in [5.41, 5.74) is 0. The third kappa shape index (κ3) is 16.0. The van der Waals surface area contributed by atoms with E-state index in [2.05, 4.69) is 13.8 Å². The van der Waals surface area contributed by atoms with Gasteiger partial charge in [0.2, 0.25) is 0 Å². The van der Waals surface area contributed by atoms with Gasteiger partial charge in [-0.25, -0.2) is 0 Å². The van der Waals surface area contributed by atoms with Crippen molar-refractivity contribution in [2.24, 2.45) is 0 Å². The summed E-state index contributed by atoms with van der Waals surface area (Å²) in [6, 6.07) is 0. The van der Waals surface area contributed by atoms with Crippen LogP contribution in [0.3, 0.4) is 0 Å². The molecule has 0 rings (SSSR count). The van der Waals surface area contributed by atoms with Crippen LogP contribution in [0.5, 0.6) is 0 Å². The molecule has 0 aromatic heterocycles. The molecule has 10 heavy (non-hydrogen) atoms. The molecule has 0 aliphatic rings. The molecule has 0 nitrogen and oxygen atoms in total. The second-order valence-electron chi connectivity index (χ2n) is 2.27. The Hall–Kier alpha value is 0.913. The van der Waals surface area contributed by atoms with Gasteiger partial charge in [0, 0.05) is 0 Å². The normalized spacial score (nSPS) is 8.50. The molecule has 0 saturated heterocycles. The molecule has 0 atom stereocenters. The van der Waals surface area contributed by atoms with Crippen LogP contribution in [0.2, 0.25) is 0 Å². The van der Waals surface area contributed by atoms with Crippen LogP contribution in [0.4, 0.5) is 0 Å². The number of hydrogen-bond donors (Lipinski definition) is 0. The third-order valence-corrected chi connectivity index (χ3v) is 1.35. The quantitative estimate of drug-likeness (QED) is 0.370. The zero-order valence-electron chi connectivity index (χ0n) is 7.03. The molecule has 0 fully saturated rings. The number of halogens is 1. The molecule has 0 amide bonds. The second kappa shape index (κ2) is 16.5. The van der Waals surface area contributed by atoms with Gasteiger partial charge < -0.3 is 6.92 Å². The molecule has 0 aromatic rings. The van der Waals surface area contributed by atoms with E-state index in [9.17, 15) is 0 Å². The molecule has 0 radical (unpaired) electrons. The van der Waals surface area contributed by atoms with Gasteiger partial charge >= 0.3 is 27.0 Å². The van der Waals surface area contributed by atoms with E-state index < -0.39 is 0 Å². The first-order valence-electron chi connectivity index (χ1n) is 3.97. The molecular formula is C8H17ClZn. The summed E-state index contributed by atoms with van der Waals surface area (Å²) in [5, 5.41) is 0. The molecule has 0 bridgehead atoms. The van der Waals surface area contributed by atoms with Gasteiger partial charge in [-0.2, -0.15) is 6.42 Å². The van der Waals surface area contributed by atoms with Crippen molar-refractivity contribution in [1.82, 2.24) is 0 Å². The van der Waals surface area contributed by atoms with Crippen molar-refractivity contribution in [2.75, 3.05) is 0 Å². The van der Waals surface area contributed by atoms with Gasteiger partial charge in [-0.3, -0.25) is 0 Å². The summed E-state index contributed by atoms with van der Waals surface area (Å²) < 4.78 is 0. The van der Waals surface area contributed by atoms with Gasteiger partial charge in [0.05, 0.1) is 0 Å². The van der Waals surface area contributed by atoms with Crippen molar-refractivity contribution >= 4 is 9.69 Å². The summed E-state index contributed by atoms with van der Waals surface area (Å²) in [6.07, 6.45) is 7.98. The summed E-state index contributed by atoms with van der Waals surface area (Å²) in [6.45, 7) is 6.02. The summed E-state index contributed by atoms with van der Waals surface area (Å²) in [7, 11) is 4.76. The predicted molar refractivity (Wildman–Crippen MR) is 44.6 cm³/mol. The van der Waals surface area contributed by atoms with E-state index in [0.717, 1.165) is 23.7 Å². The van der Waals surface area contributed by atoms with Crippen LogP contribution in [0.15, 0.2) is 0 Å². The fourth-order valence-electron chi connectivity index (χ4n) is 0.780. The van der Waals surface area contributed by atoms with Crippen LogP contribution < -0.4 is 0 Å². The molecule has 0 N–H and O–H groups in total. The standard InChI is InChI=1S/C8H17.ClH.Zn/c1-3-5-7-8-6-4-2;;/h1,3-8H2,2H3;1H;/q-1;;+2/p-1. The van der Waals surface area contributed by atoms with E-state index in [-0.39, 0.29) is 0 Å². The van der Waals surface area contributed by atoms with Gasteiger partial charge in [0.15, 0.2) is 0 Å². The average Bonchev–Trinajstić information content (AvgIpc) is 2.02. The SMILES string of the molecule is [CH2-]CCCCCCC.[Cl][Zn+]. The Morgan fingerprint density at radius 1 is 1.10 bits per heavy atom. The van der Waals surface area contributed by atoms with Crippen molar-refractivity contribution in [3.05, 3.63) is 6.92 Å². The van der Waals surface area contributed by atoms with Gasteiger partial charge in [-0.15, -0.1) is 0 Å². The summed E-state index contributed by atoms with van der Waals surface area (Å²) >= 11 is 0.847. The average molecular weight is 214 g/mol. The van der Waals surface area contributed by atoms with Gasteiger partial charge in [-0.05, 0) is 0 Å². The van der Waals surface area contributed by atoms with Crippen LogP contribution >= 0.6 is 9.69 Å². The maximum atomic E-state index is 4.76. The van der Waals surface area contributed by atoms with Gasteiger partial charge in [0.1, 0.15) is 0 Å². The number of rotatable bonds is 5. The van der Waals surface area contributed by atoms with E-state index in [1.165, 1.54) is 32.1 Å². The Kier molecular flexibility index (Phi) is 22.2. The van der Waals surface area contributed by atoms with Crippen molar-refractivity contribution in [2.45, 2.75) is 45.4 Å². The Labute approximate surface area is 79.4 Å². The minimum atomic E-state index is 0.847. The van der Waals surface area contributed by atoms with Crippen LogP contribution in [0.25, 0.3) is 0 Å². The monoisotopic (exact) mass is 212 g/mol. The van der Waals surface area contributed by atoms with Crippen LogP contribution in [0, 0.1) is 6.92 Å². The first-order chi connectivity index (χ1) is 4.91. The maximum absolute atomic E-state index is 4.76. The molecule has 0 aliphatic carbocycles. The van der Waals surface area contributed by atoms with E-state index in [4.69, 9.17) is 9.69 Å². The number of unbranched alkanes of at least 4 members (excludes halogenated alkanes) is 5. The Balaban J connectivity index is 0. The fraction of sp³-hybridized carbons (Fsp3) is 0.875. The summed E-state index contributed by atoms with van der Waals surface area (Å²) in [4.78, 5) is 0. The molecule has 2 heteroatoms. The fourth-order valence-corrected chi connectivity index (χ4v) is 0.780. The molecule has 0 spiro atoms. The van der Waals surface area contributed by atoms with Gasteiger partial charge in [0.25, 0.3) is 0 Å². The second-order valence-corrected chi connectivity index (χ2v) is 2.27. The van der Waals surface area contributed by atoms with E-state index in [1.807, 2.05) is 0 Å². The minimum absolute atomic E-state index is 0.847. The van der Waals surface area contributed by atoms with Crippen molar-refractivity contribution in [1.29, 1.82) is 0 Å². The zero-order chi connectivity index (χ0) is 8.24.